The third-order valence-corrected chi connectivity index (χ3v) is 4.90. The Kier molecular flexibility index (Phi) is 5.90. The summed E-state index contributed by atoms with van der Waals surface area (Å²) in [6.45, 7) is 0. The molecule has 0 radical (unpaired) electrons. The lowest BCUT2D eigenvalue weighted by Crippen LogP contribution is -2.00. The van der Waals surface area contributed by atoms with Gasteiger partial charge in [-0.1, -0.05) is 0 Å². The van der Waals surface area contributed by atoms with Crippen LogP contribution in [0.1, 0.15) is 15.2 Å². The summed E-state index contributed by atoms with van der Waals surface area (Å²) in [6.07, 6.45) is -0.123. The quantitative estimate of drug-likeness (QED) is 0.581. The van der Waals surface area contributed by atoms with E-state index in [0.29, 0.717) is 27.0 Å². The van der Waals surface area contributed by atoms with Gasteiger partial charge in [-0.15, -0.1) is 11.3 Å². The number of benzene rings is 2. The summed E-state index contributed by atoms with van der Waals surface area (Å²) in [5.74, 6) is -0.624. The van der Waals surface area contributed by atoms with Crippen molar-refractivity contribution < 1.29 is 24.2 Å². The zero-order valence-electron chi connectivity index (χ0n) is 15.3. The van der Waals surface area contributed by atoms with Crippen LogP contribution in [0.4, 0.5) is 10.8 Å². The van der Waals surface area contributed by atoms with Gasteiger partial charge in [-0.3, -0.25) is 4.79 Å². The number of aliphatic carboxylic acids is 1. The fourth-order valence-corrected chi connectivity index (χ4v) is 3.56. The van der Waals surface area contributed by atoms with E-state index in [-0.39, 0.29) is 6.42 Å². The molecule has 0 spiro atoms. The number of nitrogens with zero attached hydrogens (tertiary/aromatic N) is 1. The molecule has 7 nitrogen and oxygen atoms in total. The van der Waals surface area contributed by atoms with Crippen molar-refractivity contribution in [2.24, 2.45) is 0 Å². The molecule has 0 aliphatic rings. The van der Waals surface area contributed by atoms with Crippen LogP contribution in [0.25, 0.3) is 11.3 Å². The third-order valence-electron chi connectivity index (χ3n) is 3.93. The highest BCUT2D eigenvalue weighted by molar-refractivity contribution is 7.16. The van der Waals surface area contributed by atoms with Gasteiger partial charge in [0.25, 0.3) is 0 Å². The number of esters is 1. The minimum absolute atomic E-state index is 0.123. The van der Waals surface area contributed by atoms with Gasteiger partial charge in [0.2, 0.25) is 0 Å². The number of thiazole rings is 1. The summed E-state index contributed by atoms with van der Waals surface area (Å²) in [5.41, 5.74) is 2.59. The third kappa shape index (κ3) is 4.47. The highest BCUT2D eigenvalue weighted by Gasteiger charge is 2.16. The number of nitrogens with one attached hydrogen (secondary N) is 1. The fraction of sp³-hybridized carbons (Fsp3) is 0.150. The van der Waals surface area contributed by atoms with Gasteiger partial charge >= 0.3 is 11.9 Å². The molecule has 8 heteroatoms. The van der Waals surface area contributed by atoms with E-state index in [1.807, 2.05) is 12.1 Å². The number of aromatic nitrogens is 1. The van der Waals surface area contributed by atoms with Crippen LogP contribution in [0.2, 0.25) is 0 Å². The molecule has 0 saturated carbocycles. The number of ether oxygens (including phenoxy) is 2. The highest BCUT2D eigenvalue weighted by atomic mass is 32.1. The first-order valence-electron chi connectivity index (χ1n) is 8.31. The summed E-state index contributed by atoms with van der Waals surface area (Å²) in [6, 6.07) is 14.0. The zero-order valence-corrected chi connectivity index (χ0v) is 16.1. The van der Waals surface area contributed by atoms with E-state index in [4.69, 9.17) is 4.74 Å². The minimum atomic E-state index is -0.924. The standard InChI is InChI=1S/C20H18N2O5S/c1-26-15-9-5-12(6-10-15)18-16(11-17(23)24)28-20(22-18)21-14-7-3-13(4-8-14)19(25)27-2/h3-10H,11H2,1-2H3,(H,21,22)(H,23,24). The second-order valence-electron chi connectivity index (χ2n) is 5.78. The minimum Gasteiger partial charge on any atom is -0.497 e. The largest absolute Gasteiger partial charge is 0.497 e. The molecule has 0 aliphatic carbocycles. The number of methoxy groups -OCH3 is 2. The zero-order chi connectivity index (χ0) is 20.1. The number of hydrogen-bond donors (Lipinski definition) is 2. The first-order valence-corrected chi connectivity index (χ1v) is 9.13. The van der Waals surface area contributed by atoms with Crippen molar-refractivity contribution in [2.45, 2.75) is 6.42 Å². The number of anilines is 2. The van der Waals surface area contributed by atoms with Crippen LogP contribution in [0.15, 0.2) is 48.5 Å². The van der Waals surface area contributed by atoms with Crippen LogP contribution in [0.3, 0.4) is 0 Å². The number of carboxylic acids is 1. The Balaban J connectivity index is 1.88. The van der Waals surface area contributed by atoms with Crippen molar-refractivity contribution in [1.82, 2.24) is 4.98 Å². The van der Waals surface area contributed by atoms with E-state index in [9.17, 15) is 14.7 Å². The normalized spacial score (nSPS) is 10.4. The number of hydrogen-bond acceptors (Lipinski definition) is 7. The van der Waals surface area contributed by atoms with Gasteiger partial charge in [-0.05, 0) is 48.5 Å². The molecule has 0 fully saturated rings. The molecule has 3 aromatic rings. The molecule has 0 atom stereocenters. The van der Waals surface area contributed by atoms with Gasteiger partial charge in [-0.2, -0.15) is 0 Å². The molecule has 2 aromatic carbocycles. The SMILES string of the molecule is COC(=O)c1ccc(Nc2nc(-c3ccc(OC)cc3)c(CC(=O)O)s2)cc1. The van der Waals surface area contributed by atoms with E-state index in [2.05, 4.69) is 15.0 Å². The molecule has 144 valence electrons. The van der Waals surface area contributed by atoms with Crippen LogP contribution in [-0.2, 0) is 16.0 Å². The average Bonchev–Trinajstić information content (AvgIpc) is 3.09. The molecule has 0 aliphatic heterocycles. The van der Waals surface area contributed by atoms with E-state index >= 15 is 0 Å². The topological polar surface area (TPSA) is 97.8 Å². The van der Waals surface area contributed by atoms with Crippen molar-refractivity contribution in [1.29, 1.82) is 0 Å². The average molecular weight is 398 g/mol. The Labute approximate surface area is 165 Å². The van der Waals surface area contributed by atoms with Crippen LogP contribution < -0.4 is 10.1 Å². The van der Waals surface area contributed by atoms with Crippen molar-refractivity contribution in [3.8, 4) is 17.0 Å². The van der Waals surface area contributed by atoms with Crippen LogP contribution >= 0.6 is 11.3 Å². The molecule has 3 rings (SSSR count). The predicted molar refractivity (Wildman–Crippen MR) is 107 cm³/mol. The summed E-state index contributed by atoms with van der Waals surface area (Å²) < 4.78 is 9.84. The van der Waals surface area contributed by atoms with E-state index in [1.165, 1.54) is 18.4 Å². The van der Waals surface area contributed by atoms with Crippen LogP contribution in [0.5, 0.6) is 5.75 Å². The lowest BCUT2D eigenvalue weighted by molar-refractivity contribution is -0.136. The lowest BCUT2D eigenvalue weighted by Gasteiger charge is -2.04. The maximum absolute atomic E-state index is 11.5. The number of rotatable bonds is 7. The molecular weight excluding hydrogens is 380 g/mol. The molecule has 1 heterocycles. The summed E-state index contributed by atoms with van der Waals surface area (Å²) in [7, 11) is 2.91. The molecule has 0 saturated heterocycles. The van der Waals surface area contributed by atoms with E-state index < -0.39 is 11.9 Å². The van der Waals surface area contributed by atoms with Gasteiger partial charge in [0.05, 0.1) is 31.9 Å². The lowest BCUT2D eigenvalue weighted by atomic mass is 10.1. The summed E-state index contributed by atoms with van der Waals surface area (Å²) >= 11 is 1.28. The van der Waals surface area contributed by atoms with Gasteiger partial charge in [0, 0.05) is 16.1 Å². The first kappa shape index (κ1) is 19.4. The van der Waals surface area contributed by atoms with Gasteiger partial charge in [0.1, 0.15) is 5.75 Å². The van der Waals surface area contributed by atoms with Gasteiger partial charge in [-0.25, -0.2) is 9.78 Å². The Bertz CT molecular complexity index is 981. The van der Waals surface area contributed by atoms with Crippen LogP contribution in [0, 0.1) is 0 Å². The Morgan fingerprint density at radius 2 is 1.75 bits per heavy atom. The number of carbonyl (C=O) groups is 2. The smallest absolute Gasteiger partial charge is 0.337 e. The van der Waals surface area contributed by atoms with E-state index in [1.54, 1.807) is 43.5 Å². The monoisotopic (exact) mass is 398 g/mol. The molecule has 0 bridgehead atoms. The molecule has 1 aromatic heterocycles. The number of carbonyl (C=O) groups excluding carboxylic acids is 1. The van der Waals surface area contributed by atoms with E-state index in [0.717, 1.165) is 11.3 Å². The highest BCUT2D eigenvalue weighted by Crippen LogP contribution is 2.34. The molecular formula is C20H18N2O5S. The second-order valence-corrected chi connectivity index (χ2v) is 6.87. The van der Waals surface area contributed by atoms with Crippen molar-refractivity contribution in [2.75, 3.05) is 19.5 Å². The molecule has 28 heavy (non-hydrogen) atoms. The van der Waals surface area contributed by atoms with Crippen molar-refractivity contribution >= 4 is 34.1 Å². The van der Waals surface area contributed by atoms with Crippen LogP contribution in [-0.4, -0.2) is 36.2 Å². The summed E-state index contributed by atoms with van der Waals surface area (Å²) in [4.78, 5) is 28.0. The maximum Gasteiger partial charge on any atom is 0.337 e. The maximum atomic E-state index is 11.5. The number of carboxylic acid groups (broad SMARTS) is 1. The van der Waals surface area contributed by atoms with Crippen molar-refractivity contribution in [3.05, 3.63) is 59.0 Å². The van der Waals surface area contributed by atoms with Gasteiger partial charge < -0.3 is 19.9 Å². The first-order chi connectivity index (χ1) is 13.5. The second kappa shape index (κ2) is 8.53. The molecule has 0 unspecified atom stereocenters. The molecule has 0 amide bonds. The Hall–Kier alpha value is -3.39. The fourth-order valence-electron chi connectivity index (χ4n) is 2.57. The predicted octanol–water partition coefficient (Wildman–Crippen LogP) is 3.98. The molecule has 2 N–H and O–H groups in total. The van der Waals surface area contributed by atoms with Gasteiger partial charge in [0.15, 0.2) is 5.13 Å². The summed E-state index contributed by atoms with van der Waals surface area (Å²) in [5, 5.41) is 12.9. The van der Waals surface area contributed by atoms with Crippen molar-refractivity contribution in [3.63, 3.8) is 0 Å². The Morgan fingerprint density at radius 1 is 1.07 bits per heavy atom. The Morgan fingerprint density at radius 3 is 2.32 bits per heavy atom.